The summed E-state index contributed by atoms with van der Waals surface area (Å²) in [5, 5.41) is 78.7. The van der Waals surface area contributed by atoms with E-state index in [1.54, 1.807) is 0 Å². The second-order valence-electron chi connectivity index (χ2n) is 7.86. The lowest BCUT2D eigenvalue weighted by Gasteiger charge is -2.39. The minimum atomic E-state index is -1.94. The number of hydrogen-bond donors (Lipinski definition) is 8. The van der Waals surface area contributed by atoms with Crippen LogP contribution < -0.4 is 10.2 Å². The third kappa shape index (κ3) is 4.40. The van der Waals surface area contributed by atoms with E-state index in [2.05, 4.69) is 0 Å². The van der Waals surface area contributed by atoms with Gasteiger partial charge in [0.1, 0.15) is 46.9 Å². The molecule has 1 aliphatic heterocycles. The lowest BCUT2D eigenvalue weighted by atomic mass is 9.97. The van der Waals surface area contributed by atoms with Crippen LogP contribution in [-0.2, 0) is 9.53 Å². The minimum Gasteiger partial charge on any atom is -0.508 e. The molecule has 4 rings (SSSR count). The number of rotatable bonds is 5. The van der Waals surface area contributed by atoms with E-state index in [0.29, 0.717) is 0 Å². The minimum absolute atomic E-state index is 0.0231. The number of aromatic hydroxyl groups is 4. The molecule has 5 atom stereocenters. The zero-order chi connectivity index (χ0) is 25.6. The van der Waals surface area contributed by atoms with E-state index in [1.165, 1.54) is 6.07 Å². The lowest BCUT2D eigenvalue weighted by molar-refractivity contribution is -0.273. The maximum Gasteiger partial charge on any atom is 0.306 e. The Labute approximate surface area is 194 Å². The van der Waals surface area contributed by atoms with Crippen molar-refractivity contribution in [3.63, 3.8) is 0 Å². The molecule has 3 aromatic rings. The van der Waals surface area contributed by atoms with Gasteiger partial charge < -0.3 is 54.7 Å². The molecule has 13 nitrogen and oxygen atoms in total. The normalized spacial score (nSPS) is 24.4. The molecule has 1 fully saturated rings. The molecule has 13 heteroatoms. The molecular weight excluding hydrogens is 472 g/mol. The summed E-state index contributed by atoms with van der Waals surface area (Å²) >= 11 is 0. The first-order valence-corrected chi connectivity index (χ1v) is 10.1. The molecule has 0 bridgehead atoms. The summed E-state index contributed by atoms with van der Waals surface area (Å²) < 4.78 is 16.5. The van der Waals surface area contributed by atoms with Crippen molar-refractivity contribution in [2.45, 2.75) is 37.1 Å². The molecule has 186 valence electrons. The van der Waals surface area contributed by atoms with Crippen LogP contribution >= 0.6 is 0 Å². The highest BCUT2D eigenvalue weighted by molar-refractivity contribution is 5.88. The van der Waals surface area contributed by atoms with Gasteiger partial charge in [-0.2, -0.15) is 0 Å². The first-order valence-electron chi connectivity index (χ1n) is 10.1. The molecule has 8 N–H and O–H groups in total. The topological polar surface area (TPSA) is 228 Å². The van der Waals surface area contributed by atoms with Crippen molar-refractivity contribution < 1.29 is 59.5 Å². The van der Waals surface area contributed by atoms with Crippen LogP contribution in [0.4, 0.5) is 0 Å². The SMILES string of the molecule is O=C(O)CC1OC(Oc2c(-c3ccc(O)c(O)c3)oc3cc(O)cc(O)c3c2=O)C(O)C(O)C1O. The van der Waals surface area contributed by atoms with Crippen LogP contribution in [0.25, 0.3) is 22.3 Å². The lowest BCUT2D eigenvalue weighted by Crippen LogP contribution is -2.59. The Morgan fingerprint density at radius 3 is 2.29 bits per heavy atom. The standard InChI is InChI=1S/C22H20O13/c23-8-4-11(26)15-12(5-8)33-20(7-1-2-9(24)10(25)3-7)21(17(15)30)35-22-19(32)18(31)16(29)13(34-22)6-14(27)28/h1-5,13,16,18-19,22-26,29,31-32H,6H2,(H,27,28). The Kier molecular flexibility index (Phi) is 6.17. The zero-order valence-electron chi connectivity index (χ0n) is 17.6. The molecule has 2 heterocycles. The predicted molar refractivity (Wildman–Crippen MR) is 114 cm³/mol. The van der Waals surface area contributed by atoms with Gasteiger partial charge in [-0.25, -0.2) is 0 Å². The Bertz CT molecular complexity index is 1350. The smallest absolute Gasteiger partial charge is 0.306 e. The summed E-state index contributed by atoms with van der Waals surface area (Å²) in [6, 6.07) is 5.22. The second-order valence-corrected chi connectivity index (χ2v) is 7.86. The van der Waals surface area contributed by atoms with Crippen molar-refractivity contribution in [1.82, 2.24) is 0 Å². The van der Waals surface area contributed by atoms with Gasteiger partial charge in [-0.1, -0.05) is 0 Å². The summed E-state index contributed by atoms with van der Waals surface area (Å²) in [5.74, 6) is -4.67. The Balaban J connectivity index is 1.88. The summed E-state index contributed by atoms with van der Waals surface area (Å²) in [6.07, 6.45) is -9.79. The van der Waals surface area contributed by atoms with Crippen molar-refractivity contribution in [3.05, 3.63) is 40.6 Å². The van der Waals surface area contributed by atoms with E-state index in [-0.39, 0.29) is 11.1 Å². The summed E-state index contributed by atoms with van der Waals surface area (Å²) in [5.41, 5.74) is -1.32. The fraction of sp³-hybridized carbons (Fsp3) is 0.273. The Morgan fingerprint density at radius 1 is 0.914 bits per heavy atom. The number of phenols is 4. The van der Waals surface area contributed by atoms with Crippen LogP contribution in [0.5, 0.6) is 28.7 Å². The number of carboxylic acid groups (broad SMARTS) is 1. The number of benzene rings is 2. The molecule has 1 aromatic heterocycles. The number of phenolic OH excluding ortho intramolecular Hbond substituents is 4. The van der Waals surface area contributed by atoms with E-state index in [9.17, 15) is 45.3 Å². The van der Waals surface area contributed by atoms with Gasteiger partial charge in [0.15, 0.2) is 17.3 Å². The number of aliphatic hydroxyl groups is 3. The molecule has 0 aliphatic carbocycles. The van der Waals surface area contributed by atoms with Gasteiger partial charge in [-0.3, -0.25) is 9.59 Å². The van der Waals surface area contributed by atoms with Gasteiger partial charge in [-0.15, -0.1) is 0 Å². The maximum absolute atomic E-state index is 13.3. The summed E-state index contributed by atoms with van der Waals surface area (Å²) in [6.45, 7) is 0. The number of ether oxygens (including phenoxy) is 2. The fourth-order valence-electron chi connectivity index (χ4n) is 3.70. The van der Waals surface area contributed by atoms with Crippen LogP contribution in [0.1, 0.15) is 6.42 Å². The van der Waals surface area contributed by atoms with E-state index in [4.69, 9.17) is 19.0 Å². The quantitative estimate of drug-likeness (QED) is 0.219. The first kappa shape index (κ1) is 24.1. The van der Waals surface area contributed by atoms with Crippen LogP contribution in [0.15, 0.2) is 39.5 Å². The summed E-state index contributed by atoms with van der Waals surface area (Å²) in [7, 11) is 0. The van der Waals surface area contributed by atoms with Crippen LogP contribution in [0.2, 0.25) is 0 Å². The van der Waals surface area contributed by atoms with Gasteiger partial charge in [-0.05, 0) is 18.2 Å². The van der Waals surface area contributed by atoms with Crippen molar-refractivity contribution in [2.24, 2.45) is 0 Å². The molecule has 1 saturated heterocycles. The molecule has 0 saturated carbocycles. The highest BCUT2D eigenvalue weighted by Gasteiger charge is 2.46. The van der Waals surface area contributed by atoms with Crippen molar-refractivity contribution in [2.75, 3.05) is 0 Å². The molecular formula is C22H20O13. The number of aliphatic carboxylic acids is 1. The van der Waals surface area contributed by atoms with Gasteiger partial charge in [0, 0.05) is 17.7 Å². The average molecular weight is 492 g/mol. The number of aliphatic hydroxyl groups excluding tert-OH is 3. The molecule has 0 radical (unpaired) electrons. The van der Waals surface area contributed by atoms with Gasteiger partial charge >= 0.3 is 5.97 Å². The molecule has 1 aliphatic rings. The highest BCUT2D eigenvalue weighted by Crippen LogP contribution is 2.39. The fourth-order valence-corrected chi connectivity index (χ4v) is 3.70. The molecule has 2 aromatic carbocycles. The van der Waals surface area contributed by atoms with E-state index in [0.717, 1.165) is 24.3 Å². The van der Waals surface area contributed by atoms with Gasteiger partial charge in [0.25, 0.3) is 0 Å². The van der Waals surface area contributed by atoms with Crippen LogP contribution in [0.3, 0.4) is 0 Å². The van der Waals surface area contributed by atoms with Crippen molar-refractivity contribution in [3.8, 4) is 40.1 Å². The van der Waals surface area contributed by atoms with E-state index < -0.39 is 88.4 Å². The monoisotopic (exact) mass is 492 g/mol. The van der Waals surface area contributed by atoms with E-state index in [1.807, 2.05) is 0 Å². The number of carbonyl (C=O) groups is 1. The Morgan fingerprint density at radius 2 is 1.63 bits per heavy atom. The zero-order valence-corrected chi connectivity index (χ0v) is 17.6. The predicted octanol–water partition coefficient (Wildman–Crippen LogP) is -0.0565. The van der Waals surface area contributed by atoms with Gasteiger partial charge in [0.05, 0.1) is 6.42 Å². The van der Waals surface area contributed by atoms with E-state index >= 15 is 0 Å². The average Bonchev–Trinajstić information content (AvgIpc) is 2.78. The largest absolute Gasteiger partial charge is 0.508 e. The van der Waals surface area contributed by atoms with Gasteiger partial charge in [0.2, 0.25) is 17.5 Å². The summed E-state index contributed by atoms with van der Waals surface area (Å²) in [4.78, 5) is 24.4. The third-order valence-corrected chi connectivity index (χ3v) is 5.43. The Hall–Kier alpha value is -4.04. The molecule has 0 spiro atoms. The van der Waals surface area contributed by atoms with Crippen molar-refractivity contribution in [1.29, 1.82) is 0 Å². The molecule has 35 heavy (non-hydrogen) atoms. The van der Waals surface area contributed by atoms with Crippen LogP contribution in [-0.4, -0.2) is 77.5 Å². The number of fused-ring (bicyclic) bond motifs is 1. The highest BCUT2D eigenvalue weighted by atomic mass is 16.7. The number of hydrogen-bond acceptors (Lipinski definition) is 12. The second kappa shape index (κ2) is 8.96. The third-order valence-electron chi connectivity index (χ3n) is 5.43. The molecule has 0 amide bonds. The van der Waals surface area contributed by atoms with Crippen LogP contribution in [0, 0.1) is 0 Å². The number of carboxylic acids is 1. The maximum atomic E-state index is 13.3. The van der Waals surface area contributed by atoms with Crippen molar-refractivity contribution >= 4 is 16.9 Å². The molecule has 5 unspecified atom stereocenters. The first-order chi connectivity index (χ1) is 16.5.